The van der Waals surface area contributed by atoms with E-state index >= 15 is 0 Å². The van der Waals surface area contributed by atoms with Gasteiger partial charge in [0.05, 0.1) is 16.3 Å². The lowest BCUT2D eigenvalue weighted by atomic mass is 10.0. The molecule has 11 heteroatoms. The number of carbonyl (C=O) groups excluding carboxylic acids is 1. The second-order valence-corrected chi connectivity index (χ2v) is 18.2. The van der Waals surface area contributed by atoms with Crippen LogP contribution >= 0.6 is 0 Å². The third kappa shape index (κ3) is 9.88. The number of benzene rings is 6. The predicted molar refractivity (Wildman–Crippen MR) is 233 cm³/mol. The van der Waals surface area contributed by atoms with Crippen molar-refractivity contribution in [3.63, 3.8) is 0 Å². The fourth-order valence-electron chi connectivity index (χ4n) is 7.39. The first-order valence-electron chi connectivity index (χ1n) is 19.2. The van der Waals surface area contributed by atoms with Crippen LogP contribution in [0, 0.1) is 0 Å². The maximum absolute atomic E-state index is 11.6. The predicted octanol–water partition coefficient (Wildman–Crippen LogP) is 5.86. The minimum absolute atomic E-state index is 0. The summed E-state index contributed by atoms with van der Waals surface area (Å²) in [6, 6.07) is 43.6. The van der Waals surface area contributed by atoms with Gasteiger partial charge in [-0.2, -0.15) is 0 Å². The molecule has 8 nitrogen and oxygen atoms in total. The van der Waals surface area contributed by atoms with Crippen LogP contribution in [0.25, 0.3) is 43.6 Å². The van der Waals surface area contributed by atoms with Crippen LogP contribution in [0.3, 0.4) is 0 Å². The number of quaternary nitrogens is 1. The fourth-order valence-corrected chi connectivity index (χ4v) is 8.65. The number of hydrogen-bond acceptors (Lipinski definition) is 5. The van der Waals surface area contributed by atoms with E-state index in [1.54, 1.807) is 36.4 Å². The van der Waals surface area contributed by atoms with Gasteiger partial charge in [-0.3, -0.25) is 4.79 Å². The Morgan fingerprint density at radius 3 is 1.40 bits per heavy atom. The largest absolute Gasteiger partial charge is 1.00 e. The van der Waals surface area contributed by atoms with Crippen LogP contribution in [-0.4, -0.2) is 44.8 Å². The Labute approximate surface area is 347 Å². The highest BCUT2D eigenvalue weighted by molar-refractivity contribution is 7.91. The van der Waals surface area contributed by atoms with Crippen molar-refractivity contribution in [2.75, 3.05) is 12.5 Å². The molecule has 0 radical (unpaired) electrons. The summed E-state index contributed by atoms with van der Waals surface area (Å²) >= 11 is 0. The highest BCUT2D eigenvalue weighted by Gasteiger charge is 2.12. The monoisotopic (exact) mass is 835 g/mol. The summed E-state index contributed by atoms with van der Waals surface area (Å²) in [5.74, 6) is 0. The van der Waals surface area contributed by atoms with Crippen LogP contribution in [0.5, 0.6) is 0 Å². The average Bonchev–Trinajstić information content (AvgIpc) is 3.72. The molecule has 2 aromatic heterocycles. The molecule has 0 aliphatic heterocycles. The summed E-state index contributed by atoms with van der Waals surface area (Å²) in [6.07, 6.45) is 6.34. The van der Waals surface area contributed by atoms with Crippen molar-refractivity contribution in [3.05, 3.63) is 156 Å². The van der Waals surface area contributed by atoms with Crippen LogP contribution in [0.4, 0.5) is 0 Å². The molecular formula is C47H50ClN3O5S2. The second-order valence-electron chi connectivity index (χ2n) is 14.2. The molecule has 8 aromatic rings. The second kappa shape index (κ2) is 19.0. The number of aryl methyl sites for hydroxylation is 4. The summed E-state index contributed by atoms with van der Waals surface area (Å²) in [7, 11) is -6.17. The number of halogens is 1. The Morgan fingerprint density at radius 1 is 0.517 bits per heavy atom. The molecule has 58 heavy (non-hydrogen) atoms. The first kappa shape index (κ1) is 43.9. The van der Waals surface area contributed by atoms with Crippen molar-refractivity contribution < 1.29 is 39.8 Å². The summed E-state index contributed by atoms with van der Waals surface area (Å²) in [4.78, 5) is 11.6. The molecule has 0 unspecified atom stereocenters. The molecule has 0 atom stereocenters. The van der Waals surface area contributed by atoms with Gasteiger partial charge in [0.2, 0.25) is 0 Å². The lowest BCUT2D eigenvalue weighted by molar-refractivity contribution is -0.386. The number of hydrogen-bond donors (Lipinski definition) is 1. The highest BCUT2D eigenvalue weighted by atomic mass is 35.5. The van der Waals surface area contributed by atoms with Crippen LogP contribution in [-0.2, 0) is 52.2 Å². The van der Waals surface area contributed by atoms with Crippen LogP contribution in [0.1, 0.15) is 47.3 Å². The molecule has 6 aromatic carbocycles. The van der Waals surface area contributed by atoms with E-state index in [2.05, 4.69) is 83.3 Å². The summed E-state index contributed by atoms with van der Waals surface area (Å²) in [5, 5.41) is 5.02. The molecule has 8 rings (SSSR count). The first-order valence-corrected chi connectivity index (χ1v) is 23.0. The Morgan fingerprint density at radius 2 is 0.931 bits per heavy atom. The number of rotatable bonds is 10. The zero-order chi connectivity index (χ0) is 40.7. The number of fused-ring (bicyclic) bond motifs is 6. The van der Waals surface area contributed by atoms with Crippen molar-refractivity contribution >= 4 is 69.6 Å². The maximum Gasteiger partial charge on any atom is 0.175 e. The van der Waals surface area contributed by atoms with Crippen molar-refractivity contribution in [1.82, 2.24) is 9.13 Å². The van der Waals surface area contributed by atoms with Crippen molar-refractivity contribution in [2.45, 2.75) is 62.5 Å². The number of para-hydroxylation sites is 2. The fraction of sp³-hybridized carbons (Fsp3) is 0.213. The van der Waals surface area contributed by atoms with Gasteiger partial charge >= 0.3 is 0 Å². The SMILES string of the molecule is CCn1c2ccccc2c2cc(C=O)ccc21.CCn1c2ccccc2c2cc(CCCc3ccc(S(C)(=O)=O)cc3)ccc21.CS(=O)(=O)c1ccc(C[NH3+])cc1.[Cl-]. The van der Waals surface area contributed by atoms with Crippen LogP contribution in [0.15, 0.2) is 143 Å². The van der Waals surface area contributed by atoms with Gasteiger partial charge in [-0.15, -0.1) is 0 Å². The topological polar surface area (TPSA) is 123 Å². The van der Waals surface area contributed by atoms with Crippen molar-refractivity contribution in [2.24, 2.45) is 0 Å². The maximum atomic E-state index is 11.6. The van der Waals surface area contributed by atoms with Gasteiger partial charge in [0, 0.05) is 80.3 Å². The normalized spacial score (nSPS) is 11.5. The average molecular weight is 837 g/mol. The summed E-state index contributed by atoms with van der Waals surface area (Å²) < 4.78 is 49.8. The molecule has 0 saturated carbocycles. The third-order valence-electron chi connectivity index (χ3n) is 10.3. The quantitative estimate of drug-likeness (QED) is 0.173. The number of sulfone groups is 2. The van der Waals surface area contributed by atoms with Gasteiger partial charge in [0.25, 0.3) is 0 Å². The lowest BCUT2D eigenvalue weighted by Gasteiger charge is -2.06. The molecule has 0 fully saturated rings. The Bertz CT molecular complexity index is 2900. The molecule has 2 heterocycles. The van der Waals surface area contributed by atoms with E-state index in [0.29, 0.717) is 16.3 Å². The Balaban J connectivity index is 0.000000182. The standard InChI is InChI=1S/C24H25NO2S.C15H13NO.C8H11NO2S.ClH/c1-3-25-23-10-5-4-9-21(23)22-17-19(13-16-24(22)25)8-6-7-18-11-14-20(15-12-18)28(2,26)27;1-2-16-14-6-4-3-5-12(14)13-9-11(10-17)7-8-15(13)16;1-12(10,11)8-4-2-7(6-9)3-5-8;/h4-5,9-17H,3,6-8H2,1-2H3;3-10H,2H2,1H3;2-5H,6,9H2,1H3;1H. The molecule has 0 saturated heterocycles. The summed E-state index contributed by atoms with van der Waals surface area (Å²) in [6.45, 7) is 6.91. The molecule has 0 bridgehead atoms. The number of nitrogens with zero attached hydrogens (tertiary/aromatic N) is 2. The van der Waals surface area contributed by atoms with Crippen LogP contribution in [0.2, 0.25) is 0 Å². The Hall–Kier alpha value is -5.26. The summed E-state index contributed by atoms with van der Waals surface area (Å²) in [5.41, 5.74) is 13.0. The smallest absolute Gasteiger partial charge is 0.175 e. The van der Waals surface area contributed by atoms with Gasteiger partial charge in [0.15, 0.2) is 19.7 Å². The molecule has 0 spiro atoms. The van der Waals surface area contributed by atoms with E-state index in [9.17, 15) is 21.6 Å². The first-order chi connectivity index (χ1) is 27.4. The number of aldehydes is 1. The zero-order valence-electron chi connectivity index (χ0n) is 33.4. The molecule has 0 amide bonds. The van der Waals surface area contributed by atoms with Gasteiger partial charge in [0.1, 0.15) is 6.29 Å². The number of carbonyl (C=O) groups is 1. The third-order valence-corrected chi connectivity index (χ3v) is 12.6. The van der Waals surface area contributed by atoms with E-state index in [-0.39, 0.29) is 12.4 Å². The highest BCUT2D eigenvalue weighted by Crippen LogP contribution is 2.31. The van der Waals surface area contributed by atoms with Crippen molar-refractivity contribution in [1.29, 1.82) is 0 Å². The van der Waals surface area contributed by atoms with E-state index < -0.39 is 19.7 Å². The Kier molecular flexibility index (Phi) is 14.4. The van der Waals surface area contributed by atoms with E-state index in [1.165, 1.54) is 61.9 Å². The van der Waals surface area contributed by atoms with E-state index in [1.807, 2.05) is 42.5 Å². The zero-order valence-corrected chi connectivity index (χ0v) is 35.7. The van der Waals surface area contributed by atoms with E-state index in [0.717, 1.165) is 55.2 Å². The van der Waals surface area contributed by atoms with Crippen molar-refractivity contribution in [3.8, 4) is 0 Å². The van der Waals surface area contributed by atoms with Gasteiger partial charge in [-0.1, -0.05) is 66.7 Å². The molecule has 3 N–H and O–H groups in total. The van der Waals surface area contributed by atoms with E-state index in [4.69, 9.17) is 0 Å². The molecule has 302 valence electrons. The van der Waals surface area contributed by atoms with Gasteiger partial charge < -0.3 is 27.3 Å². The minimum Gasteiger partial charge on any atom is -1.00 e. The molecular weight excluding hydrogens is 786 g/mol. The lowest BCUT2D eigenvalue weighted by Crippen LogP contribution is -3.00. The van der Waals surface area contributed by atoms with Gasteiger partial charge in [-0.05, 0) is 111 Å². The molecule has 0 aliphatic rings. The van der Waals surface area contributed by atoms with Crippen LogP contribution < -0.4 is 18.1 Å². The van der Waals surface area contributed by atoms with Gasteiger partial charge in [-0.25, -0.2) is 16.8 Å². The molecule has 0 aliphatic carbocycles. The minimum atomic E-state index is -3.12. The number of aromatic nitrogens is 2.